The van der Waals surface area contributed by atoms with E-state index in [0.29, 0.717) is 17.6 Å². The molecule has 0 spiro atoms. The molecule has 1 aliphatic rings. The van der Waals surface area contributed by atoms with E-state index in [1.165, 1.54) is 25.7 Å². The summed E-state index contributed by atoms with van der Waals surface area (Å²) in [6.07, 6.45) is 12.8. The molecule has 1 unspecified atom stereocenters. The maximum atomic E-state index is 12.0. The molecule has 0 heterocycles. The number of carbonyl (C=O) groups is 1. The summed E-state index contributed by atoms with van der Waals surface area (Å²) in [4.78, 5) is 12.0. The molecule has 0 amide bonds. The van der Waals surface area contributed by atoms with Crippen LogP contribution in [0.5, 0.6) is 0 Å². The van der Waals surface area contributed by atoms with E-state index in [1.807, 2.05) is 0 Å². The van der Waals surface area contributed by atoms with Gasteiger partial charge in [0.25, 0.3) is 0 Å². The number of rotatable bonds is 11. The van der Waals surface area contributed by atoms with E-state index in [4.69, 9.17) is 0 Å². The van der Waals surface area contributed by atoms with Crippen LogP contribution in [0.1, 0.15) is 105 Å². The summed E-state index contributed by atoms with van der Waals surface area (Å²) in [6, 6.07) is 0. The Morgan fingerprint density at radius 2 is 1.87 bits per heavy atom. The zero-order valence-corrected chi connectivity index (χ0v) is 16.1. The van der Waals surface area contributed by atoms with Gasteiger partial charge in [-0.2, -0.15) is 0 Å². The van der Waals surface area contributed by atoms with Gasteiger partial charge in [-0.15, -0.1) is 0 Å². The van der Waals surface area contributed by atoms with Gasteiger partial charge >= 0.3 is 0 Å². The molecule has 1 saturated carbocycles. The van der Waals surface area contributed by atoms with Crippen molar-refractivity contribution in [2.24, 2.45) is 17.8 Å². The highest BCUT2D eigenvalue weighted by Gasteiger charge is 2.25. The Hall–Kier alpha value is -0.370. The summed E-state index contributed by atoms with van der Waals surface area (Å²) in [7, 11) is 0. The van der Waals surface area contributed by atoms with E-state index >= 15 is 0 Å². The number of ketones is 1. The maximum Gasteiger partial charge on any atom is 0.135 e. The molecule has 0 saturated heterocycles. The van der Waals surface area contributed by atoms with Crippen molar-refractivity contribution in [2.45, 2.75) is 110 Å². The molecular weight excluding hydrogens is 284 g/mol. The lowest BCUT2D eigenvalue weighted by molar-refractivity contribution is -0.124. The summed E-state index contributed by atoms with van der Waals surface area (Å²) in [5.41, 5.74) is -0.448. The van der Waals surface area contributed by atoms with Crippen molar-refractivity contribution in [3.8, 4) is 0 Å². The van der Waals surface area contributed by atoms with Crippen molar-refractivity contribution in [3.63, 3.8) is 0 Å². The summed E-state index contributed by atoms with van der Waals surface area (Å²) in [6.45, 7) is 8.83. The predicted molar refractivity (Wildman–Crippen MR) is 98.5 cm³/mol. The van der Waals surface area contributed by atoms with Crippen LogP contribution in [-0.4, -0.2) is 16.5 Å². The summed E-state index contributed by atoms with van der Waals surface area (Å²) < 4.78 is 0. The first-order valence-corrected chi connectivity index (χ1v) is 10.2. The molecule has 1 rings (SSSR count). The van der Waals surface area contributed by atoms with Crippen molar-refractivity contribution < 1.29 is 9.90 Å². The zero-order chi connectivity index (χ0) is 17.3. The molecule has 0 aliphatic heterocycles. The van der Waals surface area contributed by atoms with Gasteiger partial charge in [-0.1, -0.05) is 53.4 Å². The first-order chi connectivity index (χ1) is 11.0. The summed E-state index contributed by atoms with van der Waals surface area (Å²) >= 11 is 0. The van der Waals surface area contributed by atoms with Gasteiger partial charge in [0, 0.05) is 12.3 Å². The first kappa shape index (κ1) is 20.7. The van der Waals surface area contributed by atoms with Crippen molar-refractivity contribution in [1.82, 2.24) is 0 Å². The SMILES string of the molecule is CCC(CC[C@@H]1CCCCC1=O)[C@@H](C)CCCC(O)(CC)CC. The van der Waals surface area contributed by atoms with Crippen molar-refractivity contribution in [2.75, 3.05) is 0 Å². The minimum Gasteiger partial charge on any atom is -0.390 e. The summed E-state index contributed by atoms with van der Waals surface area (Å²) in [5.74, 6) is 2.32. The van der Waals surface area contributed by atoms with E-state index in [0.717, 1.165) is 57.3 Å². The molecular formula is C21H40O2. The van der Waals surface area contributed by atoms with E-state index in [1.54, 1.807) is 0 Å². The Labute approximate surface area is 144 Å². The molecule has 1 fully saturated rings. The number of hydrogen-bond acceptors (Lipinski definition) is 2. The largest absolute Gasteiger partial charge is 0.390 e. The van der Waals surface area contributed by atoms with Crippen LogP contribution in [0.3, 0.4) is 0 Å². The van der Waals surface area contributed by atoms with Gasteiger partial charge in [-0.3, -0.25) is 4.79 Å². The quantitative estimate of drug-likeness (QED) is 0.513. The fourth-order valence-corrected chi connectivity index (χ4v) is 4.26. The third kappa shape index (κ3) is 6.95. The molecule has 0 radical (unpaired) electrons. The monoisotopic (exact) mass is 324 g/mol. The molecule has 1 N–H and O–H groups in total. The van der Waals surface area contributed by atoms with Crippen LogP contribution in [0.25, 0.3) is 0 Å². The van der Waals surface area contributed by atoms with Gasteiger partial charge in [-0.25, -0.2) is 0 Å². The number of hydrogen-bond donors (Lipinski definition) is 1. The minimum absolute atomic E-state index is 0.357. The van der Waals surface area contributed by atoms with Gasteiger partial charge in [0.05, 0.1) is 5.60 Å². The highest BCUT2D eigenvalue weighted by atomic mass is 16.3. The molecule has 23 heavy (non-hydrogen) atoms. The molecule has 2 nitrogen and oxygen atoms in total. The topological polar surface area (TPSA) is 37.3 Å². The van der Waals surface area contributed by atoms with Crippen LogP contribution < -0.4 is 0 Å². The van der Waals surface area contributed by atoms with E-state index in [2.05, 4.69) is 27.7 Å². The second-order valence-electron chi connectivity index (χ2n) is 7.96. The average molecular weight is 325 g/mol. The standard InChI is InChI=1S/C21H40O2/c1-5-18(14-15-19-12-8-9-13-20(19)22)17(4)11-10-16-21(23,6-2)7-3/h17-19,23H,5-16H2,1-4H3/t17-,18?,19-/m0/s1. The molecule has 0 aromatic rings. The van der Waals surface area contributed by atoms with Gasteiger partial charge in [0.2, 0.25) is 0 Å². The molecule has 2 heteroatoms. The molecule has 136 valence electrons. The van der Waals surface area contributed by atoms with Crippen molar-refractivity contribution >= 4 is 5.78 Å². The highest BCUT2D eigenvalue weighted by Crippen LogP contribution is 2.32. The Bertz CT molecular complexity index is 333. The second-order valence-corrected chi connectivity index (χ2v) is 7.96. The normalized spacial score (nSPS) is 22.1. The number of aliphatic hydroxyl groups is 1. The molecule has 0 bridgehead atoms. The first-order valence-electron chi connectivity index (χ1n) is 10.2. The number of carbonyl (C=O) groups excluding carboxylic acids is 1. The fraction of sp³-hybridized carbons (Fsp3) is 0.952. The van der Waals surface area contributed by atoms with Gasteiger partial charge in [0.15, 0.2) is 0 Å². The smallest absolute Gasteiger partial charge is 0.135 e. The van der Waals surface area contributed by atoms with E-state index < -0.39 is 5.60 Å². The number of Topliss-reactive ketones (excluding diaryl/α,β-unsaturated/α-hetero) is 1. The van der Waals surface area contributed by atoms with Crippen LogP contribution in [-0.2, 0) is 4.79 Å². The van der Waals surface area contributed by atoms with Gasteiger partial charge in [0.1, 0.15) is 5.78 Å². The molecule has 3 atom stereocenters. The summed E-state index contributed by atoms with van der Waals surface area (Å²) in [5, 5.41) is 10.4. The molecule has 0 aromatic heterocycles. The predicted octanol–water partition coefficient (Wildman–Crippen LogP) is 5.91. The Kier molecular flexibility index (Phi) is 9.43. The third-order valence-corrected chi connectivity index (χ3v) is 6.51. The maximum absolute atomic E-state index is 12.0. The second kappa shape index (κ2) is 10.5. The van der Waals surface area contributed by atoms with Crippen LogP contribution in [0.2, 0.25) is 0 Å². The molecule has 1 aliphatic carbocycles. The molecule has 0 aromatic carbocycles. The zero-order valence-electron chi connectivity index (χ0n) is 16.1. The Morgan fingerprint density at radius 3 is 2.43 bits per heavy atom. The highest BCUT2D eigenvalue weighted by molar-refractivity contribution is 5.81. The van der Waals surface area contributed by atoms with Crippen LogP contribution in [0, 0.1) is 17.8 Å². The van der Waals surface area contributed by atoms with Crippen LogP contribution in [0.4, 0.5) is 0 Å². The lowest BCUT2D eigenvalue weighted by Gasteiger charge is -2.28. The van der Waals surface area contributed by atoms with Crippen LogP contribution >= 0.6 is 0 Å². The Balaban J connectivity index is 2.33. The lowest BCUT2D eigenvalue weighted by Crippen LogP contribution is -2.26. The third-order valence-electron chi connectivity index (χ3n) is 6.51. The Morgan fingerprint density at radius 1 is 1.17 bits per heavy atom. The minimum atomic E-state index is -0.448. The van der Waals surface area contributed by atoms with Gasteiger partial charge < -0.3 is 5.11 Å². The van der Waals surface area contributed by atoms with Crippen molar-refractivity contribution in [1.29, 1.82) is 0 Å². The van der Waals surface area contributed by atoms with Gasteiger partial charge in [-0.05, 0) is 56.8 Å². The van der Waals surface area contributed by atoms with E-state index in [-0.39, 0.29) is 0 Å². The average Bonchev–Trinajstić information content (AvgIpc) is 2.56. The lowest BCUT2D eigenvalue weighted by atomic mass is 9.78. The fourth-order valence-electron chi connectivity index (χ4n) is 4.26. The van der Waals surface area contributed by atoms with E-state index in [9.17, 15) is 9.90 Å². The van der Waals surface area contributed by atoms with Crippen LogP contribution in [0.15, 0.2) is 0 Å². The van der Waals surface area contributed by atoms with Crippen molar-refractivity contribution in [3.05, 3.63) is 0 Å².